The number of aryl methyl sites for hydroxylation is 1. The van der Waals surface area contributed by atoms with Gasteiger partial charge in [0.2, 0.25) is 0 Å². The van der Waals surface area contributed by atoms with Gasteiger partial charge in [-0.1, -0.05) is 18.6 Å². The highest BCUT2D eigenvalue weighted by molar-refractivity contribution is 5.76. The maximum absolute atomic E-state index is 5.84. The van der Waals surface area contributed by atoms with Gasteiger partial charge in [-0.3, -0.25) is 4.57 Å². The maximum atomic E-state index is 5.84. The van der Waals surface area contributed by atoms with Gasteiger partial charge in [-0.05, 0) is 37.9 Å². The standard InChI is InChI=1S/C15H21N3O/c1-18-14-8-3-2-7-13(14)17-15(18)19-11-9-12-6-4-5-10-16-12/h2-3,7-8,12,16H,4-6,9-11H2,1H3. The molecule has 2 heterocycles. The molecular formula is C15H21N3O. The zero-order valence-corrected chi connectivity index (χ0v) is 11.4. The molecule has 1 fully saturated rings. The Bertz CT molecular complexity index is 543. The van der Waals surface area contributed by atoms with Crippen LogP contribution < -0.4 is 10.1 Å². The van der Waals surface area contributed by atoms with Crippen molar-refractivity contribution in [1.29, 1.82) is 0 Å². The van der Waals surface area contributed by atoms with Crippen LogP contribution in [0, 0.1) is 0 Å². The highest BCUT2D eigenvalue weighted by Gasteiger charge is 2.13. The zero-order chi connectivity index (χ0) is 13.1. The molecule has 1 atom stereocenters. The van der Waals surface area contributed by atoms with Crippen molar-refractivity contribution in [3.05, 3.63) is 24.3 Å². The topological polar surface area (TPSA) is 39.1 Å². The molecule has 19 heavy (non-hydrogen) atoms. The van der Waals surface area contributed by atoms with E-state index in [-0.39, 0.29) is 0 Å². The van der Waals surface area contributed by atoms with Gasteiger partial charge in [0.15, 0.2) is 0 Å². The average molecular weight is 259 g/mol. The largest absolute Gasteiger partial charge is 0.465 e. The first-order valence-electron chi connectivity index (χ1n) is 7.12. The number of benzene rings is 1. The maximum Gasteiger partial charge on any atom is 0.297 e. The fraction of sp³-hybridized carbons (Fsp3) is 0.533. The quantitative estimate of drug-likeness (QED) is 0.917. The van der Waals surface area contributed by atoms with Crippen molar-refractivity contribution >= 4 is 11.0 Å². The zero-order valence-electron chi connectivity index (χ0n) is 11.4. The summed E-state index contributed by atoms with van der Waals surface area (Å²) in [6, 6.07) is 9.45. The Morgan fingerprint density at radius 1 is 1.37 bits per heavy atom. The first-order valence-corrected chi connectivity index (χ1v) is 7.12. The summed E-state index contributed by atoms with van der Waals surface area (Å²) >= 11 is 0. The molecular weight excluding hydrogens is 238 g/mol. The predicted octanol–water partition coefficient (Wildman–Crippen LogP) is 2.48. The van der Waals surface area contributed by atoms with E-state index in [2.05, 4.69) is 16.4 Å². The summed E-state index contributed by atoms with van der Waals surface area (Å²) in [5, 5.41) is 3.54. The third kappa shape index (κ3) is 2.73. The molecule has 1 aromatic heterocycles. The third-order valence-corrected chi connectivity index (χ3v) is 3.86. The lowest BCUT2D eigenvalue weighted by molar-refractivity contribution is 0.247. The van der Waals surface area contributed by atoms with E-state index >= 15 is 0 Å². The van der Waals surface area contributed by atoms with Gasteiger partial charge in [0.25, 0.3) is 6.01 Å². The van der Waals surface area contributed by atoms with Gasteiger partial charge in [-0.15, -0.1) is 0 Å². The smallest absolute Gasteiger partial charge is 0.297 e. The molecule has 0 saturated carbocycles. The van der Waals surface area contributed by atoms with E-state index in [1.807, 2.05) is 29.8 Å². The van der Waals surface area contributed by atoms with Gasteiger partial charge in [-0.2, -0.15) is 4.98 Å². The minimum Gasteiger partial charge on any atom is -0.465 e. The van der Waals surface area contributed by atoms with Crippen molar-refractivity contribution in [2.24, 2.45) is 7.05 Å². The van der Waals surface area contributed by atoms with E-state index < -0.39 is 0 Å². The van der Waals surface area contributed by atoms with Gasteiger partial charge in [0.05, 0.1) is 17.6 Å². The van der Waals surface area contributed by atoms with E-state index in [9.17, 15) is 0 Å². The number of imidazole rings is 1. The van der Waals surface area contributed by atoms with Crippen LogP contribution in [0.4, 0.5) is 0 Å². The van der Waals surface area contributed by atoms with Crippen LogP contribution >= 0.6 is 0 Å². The Labute approximate surface area is 113 Å². The van der Waals surface area contributed by atoms with Crippen LogP contribution in [0.5, 0.6) is 6.01 Å². The lowest BCUT2D eigenvalue weighted by atomic mass is 10.0. The summed E-state index contributed by atoms with van der Waals surface area (Å²) in [7, 11) is 2.00. The number of rotatable bonds is 4. The lowest BCUT2D eigenvalue weighted by Crippen LogP contribution is -2.35. The van der Waals surface area contributed by atoms with Gasteiger partial charge < -0.3 is 10.1 Å². The predicted molar refractivity (Wildman–Crippen MR) is 76.5 cm³/mol. The molecule has 3 rings (SSSR count). The second-order valence-corrected chi connectivity index (χ2v) is 5.23. The van der Waals surface area contributed by atoms with E-state index in [0.29, 0.717) is 6.04 Å². The van der Waals surface area contributed by atoms with Crippen molar-refractivity contribution in [2.45, 2.75) is 31.7 Å². The molecule has 0 radical (unpaired) electrons. The van der Waals surface area contributed by atoms with Gasteiger partial charge in [0, 0.05) is 13.1 Å². The fourth-order valence-electron chi connectivity index (χ4n) is 2.72. The first kappa shape index (κ1) is 12.5. The number of nitrogens with one attached hydrogen (secondary N) is 1. The van der Waals surface area contributed by atoms with Crippen LogP contribution in [0.25, 0.3) is 11.0 Å². The lowest BCUT2D eigenvalue weighted by Gasteiger charge is -2.23. The minimum absolute atomic E-state index is 0.614. The molecule has 4 nitrogen and oxygen atoms in total. The fourth-order valence-corrected chi connectivity index (χ4v) is 2.72. The molecule has 0 bridgehead atoms. The summed E-state index contributed by atoms with van der Waals surface area (Å²) in [6.45, 7) is 1.88. The van der Waals surface area contributed by atoms with E-state index in [1.165, 1.54) is 19.3 Å². The van der Waals surface area contributed by atoms with Crippen molar-refractivity contribution in [3.63, 3.8) is 0 Å². The van der Waals surface area contributed by atoms with E-state index in [0.717, 1.165) is 36.6 Å². The number of para-hydroxylation sites is 2. The third-order valence-electron chi connectivity index (χ3n) is 3.86. The number of nitrogens with zero attached hydrogens (tertiary/aromatic N) is 2. The number of fused-ring (bicyclic) bond motifs is 1. The molecule has 1 N–H and O–H groups in total. The summed E-state index contributed by atoms with van der Waals surface area (Å²) in [5.41, 5.74) is 2.11. The highest BCUT2D eigenvalue weighted by atomic mass is 16.5. The van der Waals surface area contributed by atoms with Crippen LogP contribution in [-0.2, 0) is 7.05 Å². The Morgan fingerprint density at radius 2 is 2.26 bits per heavy atom. The second-order valence-electron chi connectivity index (χ2n) is 5.23. The Hall–Kier alpha value is -1.55. The number of ether oxygens (including phenoxy) is 1. The van der Waals surface area contributed by atoms with Gasteiger partial charge in [-0.25, -0.2) is 0 Å². The summed E-state index contributed by atoms with van der Waals surface area (Å²) in [4.78, 5) is 4.52. The molecule has 1 aromatic carbocycles. The Balaban J connectivity index is 1.60. The number of hydrogen-bond acceptors (Lipinski definition) is 3. The molecule has 102 valence electrons. The van der Waals surface area contributed by atoms with E-state index in [4.69, 9.17) is 4.74 Å². The van der Waals surface area contributed by atoms with Gasteiger partial charge in [0.1, 0.15) is 0 Å². The number of piperidine rings is 1. The van der Waals surface area contributed by atoms with Crippen LogP contribution in [-0.4, -0.2) is 28.7 Å². The van der Waals surface area contributed by atoms with Crippen molar-refractivity contribution in [2.75, 3.05) is 13.2 Å². The molecule has 1 unspecified atom stereocenters. The van der Waals surface area contributed by atoms with Crippen molar-refractivity contribution < 1.29 is 4.74 Å². The second kappa shape index (κ2) is 5.61. The SMILES string of the molecule is Cn1c(OCCC2CCCCN2)nc2ccccc21. The highest BCUT2D eigenvalue weighted by Crippen LogP contribution is 2.19. The first-order chi connectivity index (χ1) is 9.34. The average Bonchev–Trinajstić information content (AvgIpc) is 2.78. The molecule has 2 aromatic rings. The van der Waals surface area contributed by atoms with Crippen molar-refractivity contribution in [1.82, 2.24) is 14.9 Å². The minimum atomic E-state index is 0.614. The van der Waals surface area contributed by atoms with Gasteiger partial charge >= 0.3 is 0 Å². The molecule has 0 aliphatic carbocycles. The summed E-state index contributed by atoms with van der Waals surface area (Å²) in [6.07, 6.45) is 4.97. The molecule has 0 amide bonds. The molecule has 0 spiro atoms. The molecule has 4 heteroatoms. The van der Waals surface area contributed by atoms with Crippen molar-refractivity contribution in [3.8, 4) is 6.01 Å². The van der Waals surface area contributed by atoms with Crippen LogP contribution in [0.15, 0.2) is 24.3 Å². The summed E-state index contributed by atoms with van der Waals surface area (Å²) < 4.78 is 7.85. The summed E-state index contributed by atoms with van der Waals surface area (Å²) in [5.74, 6) is 0. The van der Waals surface area contributed by atoms with Crippen LogP contribution in [0.2, 0.25) is 0 Å². The van der Waals surface area contributed by atoms with Crippen LogP contribution in [0.3, 0.4) is 0 Å². The number of aromatic nitrogens is 2. The van der Waals surface area contributed by atoms with E-state index in [1.54, 1.807) is 0 Å². The molecule has 1 saturated heterocycles. The van der Waals surface area contributed by atoms with Crippen LogP contribution in [0.1, 0.15) is 25.7 Å². The molecule has 1 aliphatic rings. The Morgan fingerprint density at radius 3 is 3.05 bits per heavy atom. The normalized spacial score (nSPS) is 19.7. The monoisotopic (exact) mass is 259 g/mol. The molecule has 1 aliphatic heterocycles. The Kier molecular flexibility index (Phi) is 3.69. The number of hydrogen-bond donors (Lipinski definition) is 1.